The van der Waals surface area contributed by atoms with Crippen molar-refractivity contribution >= 4 is 11.8 Å². The Balaban J connectivity index is 1.84. The number of hydrogen-bond donors (Lipinski definition) is 0. The van der Waals surface area contributed by atoms with Gasteiger partial charge in [0.05, 0.1) is 12.8 Å². The quantitative estimate of drug-likeness (QED) is 0.371. The molecule has 0 saturated heterocycles. The number of rotatable bonds is 7. The van der Waals surface area contributed by atoms with E-state index in [9.17, 15) is 0 Å². The minimum atomic E-state index is 0.284. The van der Waals surface area contributed by atoms with Crippen molar-refractivity contribution in [3.8, 4) is 17.4 Å². The fourth-order valence-electron chi connectivity index (χ4n) is 2.60. The highest BCUT2D eigenvalue weighted by atomic mass is 32.2. The summed E-state index contributed by atoms with van der Waals surface area (Å²) in [4.78, 5) is 9.29. The van der Waals surface area contributed by atoms with Gasteiger partial charge in [0.25, 0.3) is 0 Å². The second-order valence-corrected chi connectivity index (χ2v) is 7.54. The van der Waals surface area contributed by atoms with Gasteiger partial charge < -0.3 is 9.47 Å². The summed E-state index contributed by atoms with van der Waals surface area (Å²) in [6, 6.07) is 17.9. The van der Waals surface area contributed by atoms with Gasteiger partial charge in [-0.2, -0.15) is 4.98 Å². The Kier molecular flexibility index (Phi) is 6.35. The highest BCUT2D eigenvalue weighted by Crippen LogP contribution is 2.32. The van der Waals surface area contributed by atoms with Crippen LogP contribution in [0, 0.1) is 6.92 Å². The standard InChI is InChI=1S/C22H24N2O2S/c1-15(2)18-13-21(26-20-11-6-5-10-19(20)25-4)24-22(23-18)27-14-17-9-7-8-16(3)12-17/h5-13,15H,14H2,1-4H3. The van der Waals surface area contributed by atoms with Crippen molar-refractivity contribution in [3.05, 3.63) is 71.4 Å². The molecule has 0 radical (unpaired) electrons. The minimum absolute atomic E-state index is 0.284. The van der Waals surface area contributed by atoms with E-state index in [2.05, 4.69) is 50.0 Å². The lowest BCUT2D eigenvalue weighted by Gasteiger charge is -2.12. The largest absolute Gasteiger partial charge is 0.493 e. The number of nitrogens with zero attached hydrogens (tertiary/aromatic N) is 2. The molecule has 140 valence electrons. The molecule has 0 atom stereocenters. The van der Waals surface area contributed by atoms with Gasteiger partial charge in [0.1, 0.15) is 0 Å². The summed E-state index contributed by atoms with van der Waals surface area (Å²) >= 11 is 1.62. The molecule has 0 N–H and O–H groups in total. The Morgan fingerprint density at radius 2 is 1.74 bits per heavy atom. The highest BCUT2D eigenvalue weighted by molar-refractivity contribution is 7.98. The first-order valence-corrected chi connectivity index (χ1v) is 9.92. The summed E-state index contributed by atoms with van der Waals surface area (Å²) in [5.74, 6) is 2.95. The van der Waals surface area contributed by atoms with E-state index >= 15 is 0 Å². The Bertz CT molecular complexity index is 912. The molecule has 3 aromatic rings. The van der Waals surface area contributed by atoms with Gasteiger partial charge in [-0.15, -0.1) is 0 Å². The van der Waals surface area contributed by atoms with E-state index in [1.807, 2.05) is 30.3 Å². The molecule has 3 rings (SSSR count). The smallest absolute Gasteiger partial charge is 0.223 e. The van der Waals surface area contributed by atoms with Crippen LogP contribution >= 0.6 is 11.8 Å². The predicted octanol–water partition coefficient (Wildman–Crippen LogP) is 6.00. The summed E-state index contributed by atoms with van der Waals surface area (Å²) < 4.78 is 11.4. The van der Waals surface area contributed by atoms with Crippen molar-refractivity contribution in [1.29, 1.82) is 0 Å². The third-order valence-corrected chi connectivity index (χ3v) is 4.95. The van der Waals surface area contributed by atoms with Crippen molar-refractivity contribution in [2.24, 2.45) is 0 Å². The van der Waals surface area contributed by atoms with E-state index < -0.39 is 0 Å². The number of thioether (sulfide) groups is 1. The fourth-order valence-corrected chi connectivity index (χ4v) is 3.40. The van der Waals surface area contributed by atoms with Crippen LogP contribution in [0.25, 0.3) is 0 Å². The molecule has 2 aromatic carbocycles. The van der Waals surface area contributed by atoms with Gasteiger partial charge in [-0.1, -0.05) is 67.6 Å². The maximum Gasteiger partial charge on any atom is 0.223 e. The number of para-hydroxylation sites is 2. The lowest BCUT2D eigenvalue weighted by molar-refractivity contribution is 0.372. The second-order valence-electron chi connectivity index (χ2n) is 6.60. The molecule has 0 saturated carbocycles. The molecule has 0 amide bonds. The molecule has 0 fully saturated rings. The maximum absolute atomic E-state index is 6.01. The average molecular weight is 381 g/mol. The summed E-state index contributed by atoms with van der Waals surface area (Å²) in [5.41, 5.74) is 3.47. The van der Waals surface area contributed by atoms with E-state index in [1.54, 1.807) is 18.9 Å². The van der Waals surface area contributed by atoms with Crippen molar-refractivity contribution < 1.29 is 9.47 Å². The molecule has 0 aliphatic heterocycles. The zero-order chi connectivity index (χ0) is 19.2. The molecule has 0 unspecified atom stereocenters. The Labute approximate surface area is 165 Å². The predicted molar refractivity (Wildman–Crippen MR) is 110 cm³/mol. The number of hydrogen-bond acceptors (Lipinski definition) is 5. The number of ether oxygens (including phenoxy) is 2. The summed E-state index contributed by atoms with van der Waals surface area (Å²) in [7, 11) is 1.63. The zero-order valence-corrected chi connectivity index (χ0v) is 16.9. The van der Waals surface area contributed by atoms with Crippen LogP contribution in [-0.4, -0.2) is 17.1 Å². The van der Waals surface area contributed by atoms with Gasteiger partial charge >= 0.3 is 0 Å². The van der Waals surface area contributed by atoms with Gasteiger partial charge in [0.2, 0.25) is 5.88 Å². The Morgan fingerprint density at radius 1 is 0.963 bits per heavy atom. The normalized spacial score (nSPS) is 10.9. The third kappa shape index (κ3) is 5.23. The summed E-state index contributed by atoms with van der Waals surface area (Å²) in [6.45, 7) is 6.33. The lowest BCUT2D eigenvalue weighted by atomic mass is 10.1. The number of aromatic nitrogens is 2. The number of aryl methyl sites for hydroxylation is 1. The lowest BCUT2D eigenvalue weighted by Crippen LogP contribution is -2.00. The maximum atomic E-state index is 6.01. The monoisotopic (exact) mass is 380 g/mol. The topological polar surface area (TPSA) is 44.2 Å². The van der Waals surface area contributed by atoms with Crippen LogP contribution in [0.15, 0.2) is 59.8 Å². The van der Waals surface area contributed by atoms with Gasteiger partial charge in [-0.05, 0) is 30.5 Å². The molecule has 0 spiro atoms. The van der Waals surface area contributed by atoms with Crippen molar-refractivity contribution in [1.82, 2.24) is 9.97 Å². The van der Waals surface area contributed by atoms with E-state index in [-0.39, 0.29) is 5.92 Å². The molecular formula is C22H24N2O2S. The molecular weight excluding hydrogens is 356 g/mol. The SMILES string of the molecule is COc1ccccc1Oc1cc(C(C)C)nc(SCc2cccc(C)c2)n1. The van der Waals surface area contributed by atoms with E-state index in [0.717, 1.165) is 11.4 Å². The Hall–Kier alpha value is -2.53. The molecule has 1 heterocycles. The van der Waals surface area contributed by atoms with Crippen LogP contribution in [0.2, 0.25) is 0 Å². The number of benzene rings is 2. The summed E-state index contributed by atoms with van der Waals surface area (Å²) in [6.07, 6.45) is 0. The van der Waals surface area contributed by atoms with Gasteiger partial charge in [-0.25, -0.2) is 4.98 Å². The minimum Gasteiger partial charge on any atom is -0.493 e. The van der Waals surface area contributed by atoms with Crippen LogP contribution in [0.4, 0.5) is 0 Å². The Morgan fingerprint density at radius 3 is 2.44 bits per heavy atom. The zero-order valence-electron chi connectivity index (χ0n) is 16.1. The van der Waals surface area contributed by atoms with Gasteiger partial charge in [0.15, 0.2) is 16.7 Å². The first-order chi connectivity index (χ1) is 13.0. The van der Waals surface area contributed by atoms with Gasteiger partial charge in [0, 0.05) is 11.8 Å². The van der Waals surface area contributed by atoms with Gasteiger partial charge in [-0.3, -0.25) is 0 Å². The first-order valence-electron chi connectivity index (χ1n) is 8.93. The number of methoxy groups -OCH3 is 1. The molecule has 0 aliphatic rings. The molecule has 1 aromatic heterocycles. The molecule has 27 heavy (non-hydrogen) atoms. The van der Waals surface area contributed by atoms with Crippen LogP contribution in [0.1, 0.15) is 36.6 Å². The van der Waals surface area contributed by atoms with Crippen molar-refractivity contribution in [3.63, 3.8) is 0 Å². The van der Waals surface area contributed by atoms with E-state index in [1.165, 1.54) is 11.1 Å². The van der Waals surface area contributed by atoms with Crippen LogP contribution in [0.5, 0.6) is 17.4 Å². The fraction of sp³-hybridized carbons (Fsp3) is 0.273. The molecule has 5 heteroatoms. The van der Waals surface area contributed by atoms with E-state index in [0.29, 0.717) is 22.5 Å². The summed E-state index contributed by atoms with van der Waals surface area (Å²) in [5, 5.41) is 0.715. The van der Waals surface area contributed by atoms with Crippen LogP contribution in [0.3, 0.4) is 0 Å². The molecule has 4 nitrogen and oxygen atoms in total. The second kappa shape index (κ2) is 8.91. The highest BCUT2D eigenvalue weighted by Gasteiger charge is 2.12. The van der Waals surface area contributed by atoms with Crippen LogP contribution < -0.4 is 9.47 Å². The molecule has 0 aliphatic carbocycles. The van der Waals surface area contributed by atoms with Crippen LogP contribution in [-0.2, 0) is 5.75 Å². The average Bonchev–Trinajstić information content (AvgIpc) is 2.67. The van der Waals surface area contributed by atoms with Crippen molar-refractivity contribution in [2.75, 3.05) is 7.11 Å². The third-order valence-electron chi connectivity index (χ3n) is 4.03. The van der Waals surface area contributed by atoms with E-state index in [4.69, 9.17) is 14.5 Å². The van der Waals surface area contributed by atoms with Crippen molar-refractivity contribution in [2.45, 2.75) is 37.6 Å². The first kappa shape index (κ1) is 19.2. The molecule has 0 bridgehead atoms.